The molecule has 0 heterocycles. The third kappa shape index (κ3) is 4.81. The molecule has 0 aliphatic heterocycles. The van der Waals surface area contributed by atoms with Crippen LogP contribution in [0.3, 0.4) is 0 Å². The predicted molar refractivity (Wildman–Crippen MR) is 52.7 cm³/mol. The van der Waals surface area contributed by atoms with E-state index in [0.29, 0.717) is 6.42 Å². The zero-order valence-corrected chi connectivity index (χ0v) is 8.83. The summed E-state index contributed by atoms with van der Waals surface area (Å²) in [5.74, 6) is -1.25. The van der Waals surface area contributed by atoms with Crippen LogP contribution in [0.4, 0.5) is 0 Å². The van der Waals surface area contributed by atoms with Gasteiger partial charge in [0.2, 0.25) is 5.91 Å². The number of carbonyl (C=O) groups is 2. The van der Waals surface area contributed by atoms with Crippen molar-refractivity contribution in [2.45, 2.75) is 45.2 Å². The average Bonchev–Trinajstić information content (AvgIpc) is 1.99. The Morgan fingerprint density at radius 1 is 1.50 bits per heavy atom. The van der Waals surface area contributed by atoms with Crippen molar-refractivity contribution in [3.05, 3.63) is 0 Å². The summed E-state index contributed by atoms with van der Waals surface area (Å²) < 4.78 is 0. The Kier molecular flexibility index (Phi) is 4.56. The molecule has 0 aliphatic carbocycles. The van der Waals surface area contributed by atoms with E-state index in [2.05, 4.69) is 5.32 Å². The van der Waals surface area contributed by atoms with Gasteiger partial charge in [0, 0.05) is 5.54 Å². The van der Waals surface area contributed by atoms with Gasteiger partial charge in [-0.2, -0.15) is 0 Å². The van der Waals surface area contributed by atoms with Crippen LogP contribution in [0.2, 0.25) is 0 Å². The molecule has 0 bridgehead atoms. The summed E-state index contributed by atoms with van der Waals surface area (Å²) in [6, 6.07) is -0.567. The predicted octanol–water partition coefficient (Wildman–Crippen LogP) is 0.0932. The van der Waals surface area contributed by atoms with Crippen LogP contribution in [-0.2, 0) is 9.59 Å². The lowest BCUT2D eigenvalue weighted by molar-refractivity contribution is -0.138. The Morgan fingerprint density at radius 3 is 2.36 bits per heavy atom. The van der Waals surface area contributed by atoms with Gasteiger partial charge in [-0.15, -0.1) is 0 Å². The Labute approximate surface area is 83.7 Å². The first-order valence-corrected chi connectivity index (χ1v) is 4.58. The number of carbonyl (C=O) groups excluding carboxylic acids is 1. The Morgan fingerprint density at radius 2 is 2.00 bits per heavy atom. The van der Waals surface area contributed by atoms with E-state index in [1.807, 2.05) is 0 Å². The molecule has 0 aromatic carbocycles. The zero-order valence-electron chi connectivity index (χ0n) is 8.83. The first kappa shape index (κ1) is 12.9. The van der Waals surface area contributed by atoms with Gasteiger partial charge in [-0.05, 0) is 20.3 Å². The molecule has 0 rings (SSSR count). The van der Waals surface area contributed by atoms with E-state index < -0.39 is 17.6 Å². The van der Waals surface area contributed by atoms with Gasteiger partial charge in [-0.25, -0.2) is 0 Å². The maximum absolute atomic E-state index is 11.3. The highest BCUT2D eigenvalue weighted by molar-refractivity contribution is 5.82. The van der Waals surface area contributed by atoms with E-state index in [0.717, 1.165) is 0 Å². The van der Waals surface area contributed by atoms with E-state index >= 15 is 0 Å². The lowest BCUT2D eigenvalue weighted by Gasteiger charge is -2.25. The second-order valence-corrected chi connectivity index (χ2v) is 3.96. The second kappa shape index (κ2) is 4.95. The largest absolute Gasteiger partial charge is 0.481 e. The van der Waals surface area contributed by atoms with E-state index in [-0.39, 0.29) is 12.3 Å². The van der Waals surface area contributed by atoms with Gasteiger partial charge in [0.25, 0.3) is 0 Å². The molecule has 5 nitrogen and oxygen atoms in total. The van der Waals surface area contributed by atoms with Crippen molar-refractivity contribution in [1.29, 1.82) is 0 Å². The molecular weight excluding hydrogens is 184 g/mol. The number of rotatable bonds is 5. The highest BCUT2D eigenvalue weighted by Gasteiger charge is 2.25. The molecule has 0 aromatic heterocycles. The van der Waals surface area contributed by atoms with Gasteiger partial charge in [0.15, 0.2) is 0 Å². The standard InChI is InChI=1S/C9H18N2O3/c1-4-6(10)8(14)11-9(2,3)5-7(12)13/h6H,4-5,10H2,1-3H3,(H,11,14)(H,12,13)/t6-/m0/s1. The summed E-state index contributed by atoms with van der Waals surface area (Å²) in [6.07, 6.45) is 0.421. The third-order valence-electron chi connectivity index (χ3n) is 1.83. The fraction of sp³-hybridized carbons (Fsp3) is 0.778. The van der Waals surface area contributed by atoms with E-state index in [4.69, 9.17) is 10.8 Å². The average molecular weight is 202 g/mol. The minimum absolute atomic E-state index is 0.116. The van der Waals surface area contributed by atoms with Gasteiger partial charge in [-0.1, -0.05) is 6.92 Å². The van der Waals surface area contributed by atoms with Crippen LogP contribution >= 0.6 is 0 Å². The van der Waals surface area contributed by atoms with E-state index in [1.165, 1.54) is 0 Å². The summed E-state index contributed by atoms with van der Waals surface area (Å²) in [6.45, 7) is 5.11. The monoisotopic (exact) mass is 202 g/mol. The molecule has 0 aromatic rings. The molecule has 14 heavy (non-hydrogen) atoms. The number of carboxylic acid groups (broad SMARTS) is 1. The minimum atomic E-state index is -0.944. The van der Waals surface area contributed by atoms with Crippen molar-refractivity contribution in [2.75, 3.05) is 0 Å². The Balaban J connectivity index is 4.21. The first-order valence-electron chi connectivity index (χ1n) is 4.58. The van der Waals surface area contributed by atoms with Crippen molar-refractivity contribution in [3.8, 4) is 0 Å². The lowest BCUT2D eigenvalue weighted by atomic mass is 10.00. The summed E-state index contributed by atoms with van der Waals surface area (Å²) in [5, 5.41) is 11.2. The number of hydrogen-bond donors (Lipinski definition) is 3. The second-order valence-electron chi connectivity index (χ2n) is 3.96. The third-order valence-corrected chi connectivity index (χ3v) is 1.83. The van der Waals surface area contributed by atoms with Crippen LogP contribution in [0.15, 0.2) is 0 Å². The number of hydrogen-bond acceptors (Lipinski definition) is 3. The highest BCUT2D eigenvalue weighted by atomic mass is 16.4. The highest BCUT2D eigenvalue weighted by Crippen LogP contribution is 2.08. The molecular formula is C9H18N2O3. The fourth-order valence-electron chi connectivity index (χ4n) is 1.03. The van der Waals surface area contributed by atoms with Gasteiger partial charge < -0.3 is 16.2 Å². The molecule has 0 fully saturated rings. The number of nitrogens with two attached hydrogens (primary N) is 1. The minimum Gasteiger partial charge on any atom is -0.481 e. The van der Waals surface area contributed by atoms with Crippen molar-refractivity contribution in [3.63, 3.8) is 0 Å². The maximum atomic E-state index is 11.3. The number of carboxylic acids is 1. The molecule has 0 radical (unpaired) electrons. The normalized spacial score (nSPS) is 13.4. The lowest BCUT2D eigenvalue weighted by Crippen LogP contribution is -2.51. The molecule has 0 aliphatic rings. The van der Waals surface area contributed by atoms with Gasteiger partial charge in [-0.3, -0.25) is 9.59 Å². The quantitative estimate of drug-likeness (QED) is 0.589. The van der Waals surface area contributed by atoms with Gasteiger partial charge in [0.05, 0.1) is 12.5 Å². The van der Waals surface area contributed by atoms with E-state index in [9.17, 15) is 9.59 Å². The maximum Gasteiger partial charge on any atom is 0.305 e. The van der Waals surface area contributed by atoms with E-state index in [1.54, 1.807) is 20.8 Å². The Hall–Kier alpha value is -1.10. The van der Waals surface area contributed by atoms with Crippen LogP contribution in [0.5, 0.6) is 0 Å². The molecule has 82 valence electrons. The molecule has 0 spiro atoms. The molecule has 4 N–H and O–H groups in total. The number of nitrogens with one attached hydrogen (secondary N) is 1. The topological polar surface area (TPSA) is 92.4 Å². The molecule has 1 atom stereocenters. The zero-order chi connectivity index (χ0) is 11.4. The van der Waals surface area contributed by atoms with Crippen molar-refractivity contribution in [1.82, 2.24) is 5.32 Å². The van der Waals surface area contributed by atoms with Crippen LogP contribution in [0.25, 0.3) is 0 Å². The summed E-state index contributed by atoms with van der Waals surface area (Å²) in [4.78, 5) is 21.8. The van der Waals surface area contributed by atoms with Crippen molar-refractivity contribution in [2.24, 2.45) is 5.73 Å². The SMILES string of the molecule is CC[C@H](N)C(=O)NC(C)(C)CC(=O)O. The molecule has 0 saturated heterocycles. The molecule has 1 amide bonds. The first-order chi connectivity index (χ1) is 6.28. The van der Waals surface area contributed by atoms with Crippen LogP contribution in [0, 0.1) is 0 Å². The van der Waals surface area contributed by atoms with Crippen LogP contribution < -0.4 is 11.1 Å². The summed E-state index contributed by atoms with van der Waals surface area (Å²) in [5.41, 5.74) is 4.74. The van der Waals surface area contributed by atoms with Crippen LogP contribution in [-0.4, -0.2) is 28.6 Å². The van der Waals surface area contributed by atoms with Gasteiger partial charge in [0.1, 0.15) is 0 Å². The molecule has 0 unspecified atom stereocenters. The van der Waals surface area contributed by atoms with Crippen LogP contribution in [0.1, 0.15) is 33.6 Å². The number of aliphatic carboxylic acids is 1. The van der Waals surface area contributed by atoms with Crippen molar-refractivity contribution < 1.29 is 14.7 Å². The Bertz CT molecular complexity index is 226. The van der Waals surface area contributed by atoms with Crippen molar-refractivity contribution >= 4 is 11.9 Å². The molecule has 0 saturated carbocycles. The molecule has 5 heteroatoms. The summed E-state index contributed by atoms with van der Waals surface area (Å²) >= 11 is 0. The summed E-state index contributed by atoms with van der Waals surface area (Å²) in [7, 11) is 0. The number of amides is 1. The smallest absolute Gasteiger partial charge is 0.305 e. The fourth-order valence-corrected chi connectivity index (χ4v) is 1.03. The van der Waals surface area contributed by atoms with Gasteiger partial charge >= 0.3 is 5.97 Å².